The highest BCUT2D eigenvalue weighted by Gasteiger charge is 2.39. The van der Waals surface area contributed by atoms with Crippen LogP contribution in [0.1, 0.15) is 31.7 Å². The average Bonchev–Trinajstić information content (AvgIpc) is 3.11. The number of nitrogen functional groups attached to an aromatic ring is 1. The predicted octanol–water partition coefficient (Wildman–Crippen LogP) is 2.21. The minimum absolute atomic E-state index is 0.0521. The van der Waals surface area contributed by atoms with Crippen molar-refractivity contribution in [1.29, 1.82) is 0 Å². The maximum Gasteiger partial charge on any atom is 0.232 e. The SMILES string of the molecule is CN(Cc1nccc(N)n1)C1CCN(C(=O)C(C)(C)c2ccccc2F)C1. The maximum atomic E-state index is 14.2. The molecule has 0 aliphatic carbocycles. The summed E-state index contributed by atoms with van der Waals surface area (Å²) in [6.07, 6.45) is 2.50. The molecule has 1 aliphatic rings. The summed E-state index contributed by atoms with van der Waals surface area (Å²) in [5.41, 5.74) is 5.24. The molecule has 1 amide bonds. The lowest BCUT2D eigenvalue weighted by Gasteiger charge is -2.31. The number of nitrogens with zero attached hydrogens (tertiary/aromatic N) is 4. The molecule has 3 rings (SSSR count). The number of aromatic nitrogens is 2. The summed E-state index contributed by atoms with van der Waals surface area (Å²) in [4.78, 5) is 25.5. The summed E-state index contributed by atoms with van der Waals surface area (Å²) in [5, 5.41) is 0. The Balaban J connectivity index is 1.66. The van der Waals surface area contributed by atoms with E-state index in [0.717, 1.165) is 6.42 Å². The van der Waals surface area contributed by atoms with E-state index in [1.807, 2.05) is 11.9 Å². The molecule has 27 heavy (non-hydrogen) atoms. The second kappa shape index (κ2) is 7.60. The molecule has 1 aromatic heterocycles. The number of anilines is 1. The molecule has 1 aliphatic heterocycles. The van der Waals surface area contributed by atoms with E-state index in [2.05, 4.69) is 14.9 Å². The van der Waals surface area contributed by atoms with Gasteiger partial charge < -0.3 is 10.6 Å². The van der Waals surface area contributed by atoms with Crippen LogP contribution >= 0.6 is 0 Å². The molecule has 2 aromatic rings. The number of halogens is 1. The van der Waals surface area contributed by atoms with Gasteiger partial charge in [-0.25, -0.2) is 14.4 Å². The van der Waals surface area contributed by atoms with Gasteiger partial charge in [-0.1, -0.05) is 18.2 Å². The van der Waals surface area contributed by atoms with Crippen molar-refractivity contribution < 1.29 is 9.18 Å². The predicted molar refractivity (Wildman–Crippen MR) is 102 cm³/mol. The third kappa shape index (κ3) is 4.08. The number of nitrogens with two attached hydrogens (primary N) is 1. The van der Waals surface area contributed by atoms with Gasteiger partial charge in [0.15, 0.2) is 0 Å². The Morgan fingerprint density at radius 1 is 1.37 bits per heavy atom. The number of hydrogen-bond acceptors (Lipinski definition) is 5. The highest BCUT2D eigenvalue weighted by atomic mass is 19.1. The Labute approximate surface area is 159 Å². The van der Waals surface area contributed by atoms with E-state index in [-0.39, 0.29) is 17.8 Å². The van der Waals surface area contributed by atoms with Crippen molar-refractivity contribution in [2.75, 3.05) is 25.9 Å². The van der Waals surface area contributed by atoms with Crippen LogP contribution in [0.5, 0.6) is 0 Å². The van der Waals surface area contributed by atoms with Crippen molar-refractivity contribution in [2.24, 2.45) is 0 Å². The van der Waals surface area contributed by atoms with Gasteiger partial charge in [0.05, 0.1) is 12.0 Å². The van der Waals surface area contributed by atoms with E-state index in [1.54, 1.807) is 44.3 Å². The molecular formula is C20H26FN5O. The van der Waals surface area contributed by atoms with Gasteiger partial charge in [-0.05, 0) is 39.4 Å². The molecule has 0 saturated carbocycles. The quantitative estimate of drug-likeness (QED) is 0.872. The van der Waals surface area contributed by atoms with Crippen LogP contribution in [0.4, 0.5) is 10.2 Å². The Hall–Kier alpha value is -2.54. The highest BCUT2D eigenvalue weighted by molar-refractivity contribution is 5.87. The van der Waals surface area contributed by atoms with E-state index >= 15 is 0 Å². The maximum absolute atomic E-state index is 14.2. The molecule has 0 spiro atoms. The fourth-order valence-electron chi connectivity index (χ4n) is 3.61. The summed E-state index contributed by atoms with van der Waals surface area (Å²) < 4.78 is 14.2. The van der Waals surface area contributed by atoms with Crippen molar-refractivity contribution in [3.8, 4) is 0 Å². The van der Waals surface area contributed by atoms with Crippen LogP contribution < -0.4 is 5.73 Å². The Morgan fingerprint density at radius 3 is 2.81 bits per heavy atom. The molecule has 1 unspecified atom stereocenters. The number of hydrogen-bond donors (Lipinski definition) is 1. The third-order valence-electron chi connectivity index (χ3n) is 5.27. The molecule has 144 valence electrons. The van der Waals surface area contributed by atoms with Gasteiger partial charge in [0, 0.05) is 30.9 Å². The molecule has 0 radical (unpaired) electrons. The molecule has 7 heteroatoms. The van der Waals surface area contributed by atoms with Gasteiger partial charge in [0.2, 0.25) is 5.91 Å². The Bertz CT molecular complexity index is 826. The minimum Gasteiger partial charge on any atom is -0.384 e. The van der Waals surface area contributed by atoms with Gasteiger partial charge in [-0.2, -0.15) is 0 Å². The Kier molecular flexibility index (Phi) is 5.41. The zero-order valence-electron chi connectivity index (χ0n) is 16.0. The lowest BCUT2D eigenvalue weighted by Crippen LogP contribution is -2.44. The minimum atomic E-state index is -0.907. The van der Waals surface area contributed by atoms with Gasteiger partial charge in [0.25, 0.3) is 0 Å². The topological polar surface area (TPSA) is 75.4 Å². The summed E-state index contributed by atoms with van der Waals surface area (Å²) in [5.74, 6) is 0.712. The fraction of sp³-hybridized carbons (Fsp3) is 0.450. The first-order valence-corrected chi connectivity index (χ1v) is 9.11. The zero-order valence-corrected chi connectivity index (χ0v) is 16.0. The van der Waals surface area contributed by atoms with E-state index in [0.29, 0.717) is 36.8 Å². The summed E-state index contributed by atoms with van der Waals surface area (Å²) in [6, 6.07) is 8.35. The van der Waals surface area contributed by atoms with Crippen molar-refractivity contribution in [1.82, 2.24) is 19.8 Å². The smallest absolute Gasteiger partial charge is 0.232 e. The van der Waals surface area contributed by atoms with Crippen LogP contribution in [-0.2, 0) is 16.8 Å². The van der Waals surface area contributed by atoms with Gasteiger partial charge in [-0.15, -0.1) is 0 Å². The monoisotopic (exact) mass is 371 g/mol. The van der Waals surface area contributed by atoms with Gasteiger partial charge >= 0.3 is 0 Å². The van der Waals surface area contributed by atoms with E-state index in [4.69, 9.17) is 5.73 Å². The zero-order chi connectivity index (χ0) is 19.6. The largest absolute Gasteiger partial charge is 0.384 e. The number of likely N-dealkylation sites (N-methyl/N-ethyl adjacent to an activating group) is 1. The van der Waals surface area contributed by atoms with Crippen molar-refractivity contribution in [2.45, 2.75) is 38.3 Å². The van der Waals surface area contributed by atoms with E-state index in [1.165, 1.54) is 6.07 Å². The number of carbonyl (C=O) groups is 1. The third-order valence-corrected chi connectivity index (χ3v) is 5.27. The second-order valence-corrected chi connectivity index (χ2v) is 7.61. The first kappa shape index (κ1) is 19.2. The summed E-state index contributed by atoms with van der Waals surface area (Å²) >= 11 is 0. The first-order valence-electron chi connectivity index (χ1n) is 9.11. The van der Waals surface area contributed by atoms with Crippen LogP contribution in [0.2, 0.25) is 0 Å². The normalized spacial score (nSPS) is 17.5. The van der Waals surface area contributed by atoms with Gasteiger partial charge in [-0.3, -0.25) is 9.69 Å². The standard InChI is InChI=1S/C20H26FN5O/c1-20(2,15-6-4-5-7-16(15)21)19(27)26-11-9-14(12-26)25(3)13-18-23-10-8-17(22)24-18/h4-8,10,14H,9,11-13H2,1-3H3,(H2,22,23,24). The number of rotatable bonds is 5. The van der Waals surface area contributed by atoms with Crippen LogP contribution in [0.15, 0.2) is 36.5 Å². The first-order chi connectivity index (χ1) is 12.8. The van der Waals surface area contributed by atoms with Crippen molar-refractivity contribution >= 4 is 11.7 Å². The molecule has 1 aromatic carbocycles. The van der Waals surface area contributed by atoms with Crippen LogP contribution in [0, 0.1) is 5.82 Å². The number of benzene rings is 1. The lowest BCUT2D eigenvalue weighted by atomic mass is 9.83. The Morgan fingerprint density at radius 2 is 2.11 bits per heavy atom. The molecule has 1 fully saturated rings. The van der Waals surface area contributed by atoms with Crippen molar-refractivity contribution in [3.05, 3.63) is 53.7 Å². The van der Waals surface area contributed by atoms with Crippen molar-refractivity contribution in [3.63, 3.8) is 0 Å². The molecule has 2 heterocycles. The number of carbonyl (C=O) groups excluding carboxylic acids is 1. The molecule has 1 saturated heterocycles. The number of amides is 1. The van der Waals surface area contributed by atoms with Crippen LogP contribution in [0.25, 0.3) is 0 Å². The molecule has 1 atom stereocenters. The fourth-order valence-corrected chi connectivity index (χ4v) is 3.61. The summed E-state index contributed by atoms with van der Waals surface area (Å²) in [6.45, 7) is 5.39. The summed E-state index contributed by atoms with van der Waals surface area (Å²) in [7, 11) is 1.99. The molecular weight excluding hydrogens is 345 g/mol. The van der Waals surface area contributed by atoms with E-state index < -0.39 is 5.41 Å². The van der Waals surface area contributed by atoms with Crippen LogP contribution in [0.3, 0.4) is 0 Å². The average molecular weight is 371 g/mol. The van der Waals surface area contributed by atoms with Gasteiger partial charge in [0.1, 0.15) is 17.5 Å². The molecule has 6 nitrogen and oxygen atoms in total. The molecule has 2 N–H and O–H groups in total. The highest BCUT2D eigenvalue weighted by Crippen LogP contribution is 2.30. The molecule has 0 bridgehead atoms. The number of likely N-dealkylation sites (tertiary alicyclic amines) is 1. The lowest BCUT2D eigenvalue weighted by molar-refractivity contribution is -0.135. The second-order valence-electron chi connectivity index (χ2n) is 7.61. The van der Waals surface area contributed by atoms with Crippen LogP contribution in [-0.4, -0.2) is 51.9 Å². The van der Waals surface area contributed by atoms with E-state index in [9.17, 15) is 9.18 Å².